The summed E-state index contributed by atoms with van der Waals surface area (Å²) >= 11 is 0. The molecule has 0 amide bonds. The van der Waals surface area contributed by atoms with Gasteiger partial charge >= 0.3 is 0 Å². The van der Waals surface area contributed by atoms with Crippen LogP contribution in [-0.2, 0) is 9.47 Å². The first-order valence-electron chi connectivity index (χ1n) is 9.92. The number of rotatable bonds is 15. The minimum absolute atomic E-state index is 0.669. The average Bonchev–Trinajstić information content (AvgIpc) is 2.42. The number of hydrogen-bond donors (Lipinski definition) is 0. The largest absolute Gasteiger partial charge is 0.379 e. The molecule has 0 bridgehead atoms. The van der Waals surface area contributed by atoms with E-state index in [4.69, 9.17) is 9.47 Å². The quantitative estimate of drug-likeness (QED) is 0.313. The molecule has 0 atom stereocenters. The maximum absolute atomic E-state index is 5.81. The first-order valence-corrected chi connectivity index (χ1v) is 21.2. The van der Waals surface area contributed by atoms with Crippen LogP contribution in [0, 0.1) is 0 Å². The summed E-state index contributed by atoms with van der Waals surface area (Å²) in [5, 5.41) is 0. The van der Waals surface area contributed by atoms with Crippen molar-refractivity contribution in [1.29, 1.82) is 0 Å². The van der Waals surface area contributed by atoms with Gasteiger partial charge in [0, 0.05) is 26.3 Å². The topological polar surface area (TPSA) is 24.9 Å². The van der Waals surface area contributed by atoms with E-state index in [0.29, 0.717) is 13.2 Å². The van der Waals surface area contributed by atoms with Crippen molar-refractivity contribution >= 4 is 40.9 Å². The van der Waals surface area contributed by atoms with Crippen LogP contribution >= 0.6 is 40.9 Å². The standard InChI is InChI=1S/C20H52N2O2S4/c1-25(2,3)21(26(4,5)6)15-13-17-23-19-20-24-18-14-16-22(27(7,8)9)28(10,11)12/h13-20H2,1-12H3. The van der Waals surface area contributed by atoms with Gasteiger partial charge in [-0.3, -0.25) is 0 Å². The summed E-state index contributed by atoms with van der Waals surface area (Å²) in [6, 6.07) is 0. The zero-order valence-corrected chi connectivity index (χ0v) is 24.3. The molecule has 0 rings (SSSR count). The highest BCUT2D eigenvalue weighted by atomic mass is 32.3. The Kier molecular flexibility index (Phi) is 12.9. The van der Waals surface area contributed by atoms with Crippen molar-refractivity contribution in [2.45, 2.75) is 12.8 Å². The van der Waals surface area contributed by atoms with E-state index in [2.05, 4.69) is 82.5 Å². The minimum atomic E-state index is -0.669. The Balaban J connectivity index is 3.91. The Morgan fingerprint density at radius 2 is 0.679 bits per heavy atom. The van der Waals surface area contributed by atoms with Gasteiger partial charge in [0.15, 0.2) is 0 Å². The SMILES string of the molecule is CS(C)(C)N(CCCOCCOCCCN(S(C)(C)C)S(C)(C)C)S(C)(C)C. The Bertz CT molecular complexity index is 356. The molecule has 0 aliphatic rings. The van der Waals surface area contributed by atoms with Gasteiger partial charge in [-0.2, -0.15) is 40.9 Å². The molecule has 178 valence electrons. The van der Waals surface area contributed by atoms with Gasteiger partial charge in [-0.15, -0.1) is 0 Å². The summed E-state index contributed by atoms with van der Waals surface area (Å²) in [6.45, 7) is 5.36. The third kappa shape index (κ3) is 12.8. The van der Waals surface area contributed by atoms with Crippen molar-refractivity contribution in [2.75, 3.05) is 115 Å². The molecular weight excluding hydrogens is 429 g/mol. The summed E-state index contributed by atoms with van der Waals surface area (Å²) in [5.41, 5.74) is 0. The van der Waals surface area contributed by atoms with Gasteiger partial charge in [-0.25, -0.2) is 7.42 Å². The van der Waals surface area contributed by atoms with Crippen LogP contribution in [0.5, 0.6) is 0 Å². The van der Waals surface area contributed by atoms with E-state index in [0.717, 1.165) is 39.1 Å². The molecule has 0 spiro atoms. The van der Waals surface area contributed by atoms with Crippen LogP contribution < -0.4 is 0 Å². The first-order chi connectivity index (χ1) is 12.5. The molecule has 0 N–H and O–H groups in total. The lowest BCUT2D eigenvalue weighted by Gasteiger charge is -2.51. The van der Waals surface area contributed by atoms with Gasteiger partial charge in [0.1, 0.15) is 0 Å². The normalized spacial score (nSPS) is 16.6. The van der Waals surface area contributed by atoms with Gasteiger partial charge in [0.05, 0.1) is 13.2 Å². The van der Waals surface area contributed by atoms with Crippen molar-refractivity contribution in [3.05, 3.63) is 0 Å². The molecule has 0 fully saturated rings. The smallest absolute Gasteiger partial charge is 0.0700 e. The van der Waals surface area contributed by atoms with Crippen molar-refractivity contribution in [1.82, 2.24) is 7.42 Å². The van der Waals surface area contributed by atoms with Gasteiger partial charge in [0.25, 0.3) is 0 Å². The molecule has 0 aromatic heterocycles. The molecule has 0 aromatic rings. The lowest BCUT2D eigenvalue weighted by molar-refractivity contribution is 0.0456. The van der Waals surface area contributed by atoms with Crippen LogP contribution in [0.15, 0.2) is 0 Å². The minimum Gasteiger partial charge on any atom is -0.379 e. The lowest BCUT2D eigenvalue weighted by Crippen LogP contribution is -2.30. The Morgan fingerprint density at radius 3 is 0.893 bits per heavy atom. The van der Waals surface area contributed by atoms with E-state index in [-0.39, 0.29) is 0 Å². The molecule has 0 unspecified atom stereocenters. The van der Waals surface area contributed by atoms with E-state index in [1.807, 2.05) is 0 Å². The summed E-state index contributed by atoms with van der Waals surface area (Å²) in [7, 11) is -2.68. The van der Waals surface area contributed by atoms with Crippen molar-refractivity contribution in [3.8, 4) is 0 Å². The maximum Gasteiger partial charge on any atom is 0.0700 e. The van der Waals surface area contributed by atoms with E-state index >= 15 is 0 Å². The monoisotopic (exact) mass is 480 g/mol. The van der Waals surface area contributed by atoms with Gasteiger partial charge in [-0.1, -0.05) is 0 Å². The van der Waals surface area contributed by atoms with E-state index < -0.39 is 40.9 Å². The summed E-state index contributed by atoms with van der Waals surface area (Å²) < 4.78 is 17.1. The molecule has 0 saturated carbocycles. The molecule has 28 heavy (non-hydrogen) atoms. The predicted octanol–water partition coefficient (Wildman–Crippen LogP) is 4.84. The molecule has 0 radical (unpaired) electrons. The lowest BCUT2D eigenvalue weighted by atomic mass is 10.5. The van der Waals surface area contributed by atoms with Crippen LogP contribution in [0.3, 0.4) is 0 Å². The third-order valence-corrected chi connectivity index (χ3v) is 15.1. The summed E-state index contributed by atoms with van der Waals surface area (Å²) in [6.07, 6.45) is 30.9. The Labute approximate surface area is 184 Å². The number of nitrogens with zero attached hydrogens (tertiary/aromatic N) is 2. The molecule has 4 nitrogen and oxygen atoms in total. The zero-order valence-electron chi connectivity index (χ0n) is 21.0. The fourth-order valence-corrected chi connectivity index (χ4v) is 16.8. The molecule has 0 saturated heterocycles. The molecule has 0 heterocycles. The highest BCUT2D eigenvalue weighted by molar-refractivity contribution is 8.44. The van der Waals surface area contributed by atoms with Crippen LogP contribution in [0.25, 0.3) is 0 Å². The predicted molar refractivity (Wildman–Crippen MR) is 146 cm³/mol. The fraction of sp³-hybridized carbons (Fsp3) is 1.00. The second-order valence-corrected chi connectivity index (χ2v) is 26.5. The highest BCUT2D eigenvalue weighted by Crippen LogP contribution is 2.57. The first kappa shape index (κ1) is 29.2. The van der Waals surface area contributed by atoms with Crippen LogP contribution in [-0.4, -0.2) is 122 Å². The molecular formula is C20H52N2O2S4. The van der Waals surface area contributed by atoms with Crippen molar-refractivity contribution < 1.29 is 9.47 Å². The van der Waals surface area contributed by atoms with Crippen molar-refractivity contribution in [3.63, 3.8) is 0 Å². The van der Waals surface area contributed by atoms with Gasteiger partial charge in [-0.05, 0) is 87.9 Å². The second-order valence-electron chi connectivity index (χ2n) is 10.1. The van der Waals surface area contributed by atoms with Crippen LogP contribution in [0.4, 0.5) is 0 Å². The fourth-order valence-electron chi connectivity index (χ4n) is 3.35. The number of ether oxygens (including phenoxy) is 2. The Hall–Kier alpha value is 1.24. The van der Waals surface area contributed by atoms with Crippen LogP contribution in [0.1, 0.15) is 12.8 Å². The molecule has 0 aromatic carbocycles. The zero-order chi connectivity index (χ0) is 22.2. The second kappa shape index (κ2) is 12.3. The number of hydrogen-bond acceptors (Lipinski definition) is 4. The molecule has 8 heteroatoms. The highest BCUT2D eigenvalue weighted by Gasteiger charge is 2.25. The summed E-state index contributed by atoms with van der Waals surface area (Å²) in [5.74, 6) is 0. The summed E-state index contributed by atoms with van der Waals surface area (Å²) in [4.78, 5) is 0. The molecule has 0 aliphatic heterocycles. The van der Waals surface area contributed by atoms with E-state index in [1.165, 1.54) is 0 Å². The molecule has 0 aliphatic carbocycles. The van der Waals surface area contributed by atoms with Gasteiger partial charge < -0.3 is 9.47 Å². The maximum atomic E-state index is 5.81. The van der Waals surface area contributed by atoms with Crippen LogP contribution in [0.2, 0.25) is 0 Å². The average molecular weight is 481 g/mol. The van der Waals surface area contributed by atoms with Crippen molar-refractivity contribution in [2.24, 2.45) is 0 Å². The van der Waals surface area contributed by atoms with E-state index in [9.17, 15) is 0 Å². The van der Waals surface area contributed by atoms with E-state index in [1.54, 1.807) is 0 Å². The third-order valence-electron chi connectivity index (χ3n) is 4.07. The van der Waals surface area contributed by atoms with Gasteiger partial charge in [0.2, 0.25) is 0 Å². The Morgan fingerprint density at radius 1 is 0.429 bits per heavy atom.